The van der Waals surface area contributed by atoms with E-state index in [1.807, 2.05) is 31.2 Å². The van der Waals surface area contributed by atoms with Crippen LogP contribution in [0.5, 0.6) is 5.75 Å². The average Bonchev–Trinajstić information content (AvgIpc) is 2.47. The summed E-state index contributed by atoms with van der Waals surface area (Å²) in [5, 5.41) is 0. The molecule has 1 aromatic carbocycles. The highest BCUT2D eigenvalue weighted by Crippen LogP contribution is 2.24. The minimum absolute atomic E-state index is 0.234. The molecule has 1 aromatic rings. The second-order valence-electron chi connectivity index (χ2n) is 4.43. The maximum absolute atomic E-state index is 11.9. The Hall–Kier alpha value is -1.77. The van der Waals surface area contributed by atoms with Crippen LogP contribution >= 0.6 is 0 Å². The van der Waals surface area contributed by atoms with Crippen molar-refractivity contribution in [2.45, 2.75) is 33.1 Å². The van der Waals surface area contributed by atoms with Crippen LogP contribution in [0.2, 0.25) is 0 Å². The summed E-state index contributed by atoms with van der Waals surface area (Å²) in [6, 6.07) is 7.72. The molecule has 0 aliphatic carbocycles. The van der Waals surface area contributed by atoms with Crippen molar-refractivity contribution >= 4 is 11.5 Å². The van der Waals surface area contributed by atoms with Crippen LogP contribution in [-0.4, -0.2) is 20.2 Å². The van der Waals surface area contributed by atoms with Gasteiger partial charge in [0, 0.05) is 5.57 Å². The van der Waals surface area contributed by atoms with Crippen LogP contribution in [0.25, 0.3) is 5.57 Å². The molecule has 0 atom stereocenters. The molecule has 0 aromatic heterocycles. The first-order valence-electron chi connectivity index (χ1n) is 6.56. The van der Waals surface area contributed by atoms with Crippen molar-refractivity contribution in [2.24, 2.45) is 0 Å². The quantitative estimate of drug-likeness (QED) is 0.577. The summed E-state index contributed by atoms with van der Waals surface area (Å²) in [4.78, 5) is 11.9. The Labute approximate surface area is 115 Å². The smallest absolute Gasteiger partial charge is 0.334 e. The van der Waals surface area contributed by atoms with Crippen molar-refractivity contribution in [1.82, 2.24) is 0 Å². The van der Waals surface area contributed by atoms with Gasteiger partial charge in [0.05, 0.1) is 14.2 Å². The van der Waals surface area contributed by atoms with Crippen molar-refractivity contribution in [3.63, 3.8) is 0 Å². The van der Waals surface area contributed by atoms with Gasteiger partial charge in [-0.05, 0) is 43.0 Å². The van der Waals surface area contributed by atoms with E-state index in [1.165, 1.54) is 7.11 Å². The Morgan fingerprint density at radius 3 is 2.26 bits per heavy atom. The number of unbranched alkanes of at least 4 members (excludes halogenated alkanes) is 1. The lowest BCUT2D eigenvalue weighted by atomic mass is 9.97. The molecular weight excluding hydrogens is 240 g/mol. The van der Waals surface area contributed by atoms with Gasteiger partial charge in [0.2, 0.25) is 0 Å². The van der Waals surface area contributed by atoms with Gasteiger partial charge >= 0.3 is 5.97 Å². The number of ether oxygens (including phenoxy) is 2. The van der Waals surface area contributed by atoms with Gasteiger partial charge in [-0.3, -0.25) is 0 Å². The first-order chi connectivity index (χ1) is 9.13. The molecule has 0 fully saturated rings. The predicted molar refractivity (Wildman–Crippen MR) is 77.1 cm³/mol. The largest absolute Gasteiger partial charge is 0.497 e. The lowest BCUT2D eigenvalue weighted by Gasteiger charge is -2.11. The van der Waals surface area contributed by atoms with Crippen molar-refractivity contribution in [3.05, 3.63) is 35.4 Å². The maximum atomic E-state index is 11.9. The van der Waals surface area contributed by atoms with E-state index in [0.717, 1.165) is 41.7 Å². The number of carbonyl (C=O) groups excluding carboxylic acids is 1. The molecule has 0 saturated carbocycles. The van der Waals surface area contributed by atoms with E-state index in [4.69, 9.17) is 9.47 Å². The van der Waals surface area contributed by atoms with E-state index < -0.39 is 0 Å². The molecule has 0 amide bonds. The molecule has 0 saturated heterocycles. The van der Waals surface area contributed by atoms with E-state index in [1.54, 1.807) is 7.11 Å². The Bertz CT molecular complexity index is 444. The molecule has 0 aliphatic heterocycles. The second-order valence-corrected chi connectivity index (χ2v) is 4.43. The Balaban J connectivity index is 3.07. The Morgan fingerprint density at radius 1 is 1.16 bits per heavy atom. The molecule has 0 radical (unpaired) electrons. The maximum Gasteiger partial charge on any atom is 0.334 e. The van der Waals surface area contributed by atoms with Gasteiger partial charge in [0.15, 0.2) is 0 Å². The van der Waals surface area contributed by atoms with E-state index >= 15 is 0 Å². The summed E-state index contributed by atoms with van der Waals surface area (Å²) >= 11 is 0. The number of hydrogen-bond donors (Lipinski definition) is 0. The van der Waals surface area contributed by atoms with Crippen LogP contribution in [0.3, 0.4) is 0 Å². The average molecular weight is 262 g/mol. The van der Waals surface area contributed by atoms with Gasteiger partial charge < -0.3 is 9.47 Å². The zero-order valence-corrected chi connectivity index (χ0v) is 12.2. The Morgan fingerprint density at radius 2 is 1.79 bits per heavy atom. The topological polar surface area (TPSA) is 35.5 Å². The van der Waals surface area contributed by atoms with E-state index in [-0.39, 0.29) is 5.97 Å². The molecule has 3 heteroatoms. The van der Waals surface area contributed by atoms with Crippen molar-refractivity contribution in [1.29, 1.82) is 0 Å². The summed E-state index contributed by atoms with van der Waals surface area (Å²) in [6.45, 7) is 4.07. The Kier molecular flexibility index (Phi) is 6.13. The van der Waals surface area contributed by atoms with Crippen molar-refractivity contribution < 1.29 is 14.3 Å². The van der Waals surface area contributed by atoms with Crippen molar-refractivity contribution in [2.75, 3.05) is 14.2 Å². The fourth-order valence-electron chi connectivity index (χ4n) is 1.93. The summed E-state index contributed by atoms with van der Waals surface area (Å²) in [7, 11) is 3.06. The van der Waals surface area contributed by atoms with Gasteiger partial charge in [-0.1, -0.05) is 25.5 Å². The molecule has 104 valence electrons. The van der Waals surface area contributed by atoms with E-state index in [2.05, 4.69) is 6.92 Å². The molecule has 19 heavy (non-hydrogen) atoms. The number of methoxy groups -OCH3 is 2. The highest BCUT2D eigenvalue weighted by Gasteiger charge is 2.14. The third kappa shape index (κ3) is 4.12. The van der Waals surface area contributed by atoms with Crippen LogP contribution in [-0.2, 0) is 9.53 Å². The highest BCUT2D eigenvalue weighted by atomic mass is 16.5. The standard InChI is InChI=1S/C16H22O3/c1-5-6-7-15(16(17)19-4)12(2)13-8-10-14(18-3)11-9-13/h8-11H,5-7H2,1-4H3/b15-12+. The van der Waals surface area contributed by atoms with Gasteiger partial charge in [0.25, 0.3) is 0 Å². The van der Waals surface area contributed by atoms with Crippen LogP contribution in [0.4, 0.5) is 0 Å². The molecule has 3 nitrogen and oxygen atoms in total. The molecular formula is C16H22O3. The summed E-state index contributed by atoms with van der Waals surface area (Å²) in [5.41, 5.74) is 2.76. The van der Waals surface area contributed by atoms with Gasteiger partial charge in [-0.2, -0.15) is 0 Å². The normalized spacial score (nSPS) is 11.8. The number of allylic oxidation sites excluding steroid dienone is 1. The molecule has 0 aliphatic rings. The molecule has 0 bridgehead atoms. The summed E-state index contributed by atoms with van der Waals surface area (Å²) in [6.07, 6.45) is 2.79. The fraction of sp³-hybridized carbons (Fsp3) is 0.438. The number of esters is 1. The van der Waals surface area contributed by atoms with E-state index in [0.29, 0.717) is 0 Å². The minimum Gasteiger partial charge on any atom is -0.497 e. The first-order valence-corrected chi connectivity index (χ1v) is 6.56. The second kappa shape index (κ2) is 7.62. The zero-order valence-electron chi connectivity index (χ0n) is 12.2. The number of hydrogen-bond acceptors (Lipinski definition) is 3. The number of benzene rings is 1. The monoisotopic (exact) mass is 262 g/mol. The summed E-state index contributed by atoms with van der Waals surface area (Å²) < 4.78 is 10.0. The van der Waals surface area contributed by atoms with Gasteiger partial charge in [-0.15, -0.1) is 0 Å². The van der Waals surface area contributed by atoms with Crippen LogP contribution in [0.15, 0.2) is 29.8 Å². The van der Waals surface area contributed by atoms with E-state index in [9.17, 15) is 4.79 Å². The third-order valence-electron chi connectivity index (χ3n) is 3.19. The van der Waals surface area contributed by atoms with Crippen LogP contribution in [0.1, 0.15) is 38.7 Å². The van der Waals surface area contributed by atoms with Crippen LogP contribution < -0.4 is 4.74 Å². The molecule has 1 rings (SSSR count). The van der Waals surface area contributed by atoms with Crippen LogP contribution in [0, 0.1) is 0 Å². The van der Waals surface area contributed by atoms with Crippen molar-refractivity contribution in [3.8, 4) is 5.75 Å². The molecule has 0 spiro atoms. The zero-order chi connectivity index (χ0) is 14.3. The first kappa shape index (κ1) is 15.3. The highest BCUT2D eigenvalue weighted by molar-refractivity contribution is 5.97. The third-order valence-corrected chi connectivity index (χ3v) is 3.19. The van der Waals surface area contributed by atoms with Gasteiger partial charge in [0.1, 0.15) is 5.75 Å². The molecule has 0 unspecified atom stereocenters. The van der Waals surface area contributed by atoms with Gasteiger partial charge in [-0.25, -0.2) is 4.79 Å². The lowest BCUT2D eigenvalue weighted by molar-refractivity contribution is -0.136. The fourth-order valence-corrected chi connectivity index (χ4v) is 1.93. The lowest BCUT2D eigenvalue weighted by Crippen LogP contribution is -2.07. The number of carbonyl (C=O) groups is 1. The SMILES string of the molecule is CCCC/C(C(=O)OC)=C(/C)c1ccc(OC)cc1. The number of rotatable bonds is 6. The summed E-state index contributed by atoms with van der Waals surface area (Å²) in [5.74, 6) is 0.575. The minimum atomic E-state index is -0.234. The molecule has 0 N–H and O–H groups in total. The predicted octanol–water partition coefficient (Wildman–Crippen LogP) is 3.83. The molecule has 0 heterocycles.